The third kappa shape index (κ3) is 7.34. The van der Waals surface area contributed by atoms with Crippen LogP contribution in [0.1, 0.15) is 38.3 Å². The molecule has 1 atom stereocenters. The van der Waals surface area contributed by atoms with E-state index < -0.39 is 11.7 Å². The van der Waals surface area contributed by atoms with Crippen LogP contribution in [0.2, 0.25) is 5.02 Å². The standard InChI is InChI=1S/C16H25ClN2O2/c1-11-9-12(5-6-14(11)17)10-13(18)7-8-19-15(20)21-16(2,3)4/h5-6,9,13H,7-8,10,18H2,1-4H3,(H,19,20). The summed E-state index contributed by atoms with van der Waals surface area (Å²) in [5.74, 6) is 0. The molecule has 0 saturated heterocycles. The molecule has 3 N–H and O–H groups in total. The summed E-state index contributed by atoms with van der Waals surface area (Å²) in [7, 11) is 0. The fourth-order valence-corrected chi connectivity index (χ4v) is 2.03. The zero-order valence-corrected chi connectivity index (χ0v) is 14.0. The highest BCUT2D eigenvalue weighted by Gasteiger charge is 2.15. The summed E-state index contributed by atoms with van der Waals surface area (Å²) in [5, 5.41) is 3.48. The largest absolute Gasteiger partial charge is 0.444 e. The maximum Gasteiger partial charge on any atom is 0.407 e. The van der Waals surface area contributed by atoms with Crippen LogP contribution in [-0.2, 0) is 11.2 Å². The Morgan fingerprint density at radius 2 is 2.10 bits per heavy atom. The van der Waals surface area contributed by atoms with Crippen LogP contribution in [-0.4, -0.2) is 24.3 Å². The second kappa shape index (κ2) is 7.66. The van der Waals surface area contributed by atoms with Crippen molar-refractivity contribution >= 4 is 17.7 Å². The van der Waals surface area contributed by atoms with Crippen LogP contribution < -0.4 is 11.1 Å². The van der Waals surface area contributed by atoms with Gasteiger partial charge in [0.1, 0.15) is 5.60 Å². The first kappa shape index (κ1) is 17.8. The minimum absolute atomic E-state index is 0.0134. The number of hydrogen-bond donors (Lipinski definition) is 2. The van der Waals surface area contributed by atoms with Gasteiger partial charge in [-0.05, 0) is 57.7 Å². The lowest BCUT2D eigenvalue weighted by Gasteiger charge is -2.20. The van der Waals surface area contributed by atoms with Crippen LogP contribution >= 0.6 is 11.6 Å². The Balaban J connectivity index is 2.32. The predicted molar refractivity (Wildman–Crippen MR) is 86.7 cm³/mol. The summed E-state index contributed by atoms with van der Waals surface area (Å²) in [6, 6.07) is 5.90. The van der Waals surface area contributed by atoms with E-state index in [4.69, 9.17) is 22.1 Å². The van der Waals surface area contributed by atoms with E-state index in [1.807, 2.05) is 45.9 Å². The number of carbonyl (C=O) groups is 1. The van der Waals surface area contributed by atoms with Crippen molar-refractivity contribution in [3.8, 4) is 0 Å². The van der Waals surface area contributed by atoms with Crippen LogP contribution in [0.15, 0.2) is 18.2 Å². The molecule has 1 rings (SSSR count). The lowest BCUT2D eigenvalue weighted by molar-refractivity contribution is 0.0526. The maximum atomic E-state index is 11.5. The van der Waals surface area contributed by atoms with Gasteiger partial charge in [-0.3, -0.25) is 0 Å². The molecule has 21 heavy (non-hydrogen) atoms. The van der Waals surface area contributed by atoms with Crippen molar-refractivity contribution in [1.82, 2.24) is 5.32 Å². The summed E-state index contributed by atoms with van der Waals surface area (Å²) in [6.45, 7) is 7.98. The van der Waals surface area contributed by atoms with Gasteiger partial charge in [-0.15, -0.1) is 0 Å². The van der Waals surface area contributed by atoms with Crippen molar-refractivity contribution in [1.29, 1.82) is 0 Å². The number of ether oxygens (including phenoxy) is 1. The molecule has 0 spiro atoms. The molecule has 0 aliphatic carbocycles. The first-order chi connectivity index (χ1) is 9.67. The van der Waals surface area contributed by atoms with Crippen molar-refractivity contribution in [2.45, 2.75) is 52.2 Å². The van der Waals surface area contributed by atoms with Gasteiger partial charge in [-0.1, -0.05) is 23.7 Å². The molecule has 1 aromatic rings. The second-order valence-corrected chi connectivity index (χ2v) is 6.67. The average molecular weight is 313 g/mol. The number of hydrogen-bond acceptors (Lipinski definition) is 3. The van der Waals surface area contributed by atoms with Crippen molar-refractivity contribution in [2.24, 2.45) is 5.73 Å². The third-order valence-electron chi connectivity index (χ3n) is 2.90. The normalized spacial score (nSPS) is 12.9. The fraction of sp³-hybridized carbons (Fsp3) is 0.562. The minimum atomic E-state index is -0.479. The third-order valence-corrected chi connectivity index (χ3v) is 3.33. The molecular formula is C16H25ClN2O2. The van der Waals surface area contributed by atoms with E-state index in [1.165, 1.54) is 0 Å². The molecule has 0 aromatic heterocycles. The first-order valence-electron chi connectivity index (χ1n) is 7.15. The van der Waals surface area contributed by atoms with Crippen molar-refractivity contribution < 1.29 is 9.53 Å². The molecule has 0 aliphatic rings. The topological polar surface area (TPSA) is 64.3 Å². The Hall–Kier alpha value is -1.26. The molecular weight excluding hydrogens is 288 g/mol. The zero-order valence-electron chi connectivity index (χ0n) is 13.2. The number of aryl methyl sites for hydroxylation is 1. The van der Waals surface area contributed by atoms with Gasteiger partial charge in [0.05, 0.1) is 0 Å². The van der Waals surface area contributed by atoms with Gasteiger partial charge in [0.15, 0.2) is 0 Å². The lowest BCUT2D eigenvalue weighted by Crippen LogP contribution is -2.35. The van der Waals surface area contributed by atoms with E-state index in [-0.39, 0.29) is 6.04 Å². The molecule has 0 bridgehead atoms. The van der Waals surface area contributed by atoms with Gasteiger partial charge in [-0.2, -0.15) is 0 Å². The summed E-state index contributed by atoms with van der Waals surface area (Å²) in [4.78, 5) is 11.5. The highest BCUT2D eigenvalue weighted by Crippen LogP contribution is 2.17. The molecule has 1 aromatic carbocycles. The molecule has 4 nitrogen and oxygen atoms in total. The number of carbonyl (C=O) groups excluding carboxylic acids is 1. The van der Waals surface area contributed by atoms with Crippen molar-refractivity contribution in [2.75, 3.05) is 6.54 Å². The Kier molecular flexibility index (Phi) is 6.49. The van der Waals surface area contributed by atoms with Crippen molar-refractivity contribution in [3.05, 3.63) is 34.3 Å². The fourth-order valence-electron chi connectivity index (χ4n) is 1.91. The van der Waals surface area contributed by atoms with Gasteiger partial charge in [0.25, 0.3) is 0 Å². The summed E-state index contributed by atoms with van der Waals surface area (Å²) in [5.41, 5.74) is 7.81. The molecule has 0 heterocycles. The molecule has 5 heteroatoms. The van der Waals surface area contributed by atoms with Crippen LogP contribution in [0, 0.1) is 6.92 Å². The molecule has 0 aliphatic heterocycles. The van der Waals surface area contributed by atoms with Gasteiger partial charge >= 0.3 is 6.09 Å². The van der Waals surface area contributed by atoms with E-state index in [1.54, 1.807) is 0 Å². The molecule has 0 fully saturated rings. The van der Waals surface area contributed by atoms with Gasteiger partial charge in [-0.25, -0.2) is 4.79 Å². The average Bonchev–Trinajstić information content (AvgIpc) is 2.31. The van der Waals surface area contributed by atoms with Gasteiger partial charge in [0.2, 0.25) is 0 Å². The van der Waals surface area contributed by atoms with E-state index >= 15 is 0 Å². The highest BCUT2D eigenvalue weighted by atomic mass is 35.5. The Bertz CT molecular complexity index is 484. The molecule has 1 amide bonds. The van der Waals surface area contributed by atoms with Gasteiger partial charge < -0.3 is 15.8 Å². The molecule has 0 radical (unpaired) electrons. The van der Waals surface area contributed by atoms with Crippen molar-refractivity contribution in [3.63, 3.8) is 0 Å². The SMILES string of the molecule is Cc1cc(CC(N)CCNC(=O)OC(C)(C)C)ccc1Cl. The Labute approximate surface area is 132 Å². The summed E-state index contributed by atoms with van der Waals surface area (Å²) >= 11 is 6.00. The number of alkyl carbamates (subject to hydrolysis) is 1. The van der Waals surface area contributed by atoms with E-state index in [0.29, 0.717) is 13.0 Å². The van der Waals surface area contributed by atoms with Crippen LogP contribution in [0.25, 0.3) is 0 Å². The molecule has 1 unspecified atom stereocenters. The number of halogens is 1. The zero-order chi connectivity index (χ0) is 16.0. The smallest absolute Gasteiger partial charge is 0.407 e. The maximum absolute atomic E-state index is 11.5. The quantitative estimate of drug-likeness (QED) is 0.875. The Morgan fingerprint density at radius 3 is 2.67 bits per heavy atom. The molecule has 118 valence electrons. The summed E-state index contributed by atoms with van der Waals surface area (Å²) < 4.78 is 5.16. The number of amides is 1. The first-order valence-corrected chi connectivity index (χ1v) is 7.52. The van der Waals surface area contributed by atoms with E-state index in [9.17, 15) is 4.79 Å². The molecule has 0 saturated carbocycles. The summed E-state index contributed by atoms with van der Waals surface area (Å²) in [6.07, 6.45) is 1.05. The number of nitrogens with one attached hydrogen (secondary N) is 1. The van der Waals surface area contributed by atoms with Crippen LogP contribution in [0.4, 0.5) is 4.79 Å². The van der Waals surface area contributed by atoms with E-state index in [2.05, 4.69) is 5.32 Å². The van der Waals surface area contributed by atoms with Crippen LogP contribution in [0.3, 0.4) is 0 Å². The monoisotopic (exact) mass is 312 g/mol. The predicted octanol–water partition coefficient (Wildman–Crippen LogP) is 3.43. The minimum Gasteiger partial charge on any atom is -0.444 e. The second-order valence-electron chi connectivity index (χ2n) is 6.27. The number of benzene rings is 1. The van der Waals surface area contributed by atoms with Gasteiger partial charge in [0, 0.05) is 17.6 Å². The van der Waals surface area contributed by atoms with Crippen LogP contribution in [0.5, 0.6) is 0 Å². The number of nitrogens with two attached hydrogens (primary N) is 1. The highest BCUT2D eigenvalue weighted by molar-refractivity contribution is 6.31. The van der Waals surface area contributed by atoms with E-state index in [0.717, 1.165) is 22.6 Å². The Morgan fingerprint density at radius 1 is 1.43 bits per heavy atom. The number of rotatable bonds is 5. The lowest BCUT2D eigenvalue weighted by atomic mass is 10.0.